The van der Waals surface area contributed by atoms with E-state index >= 15 is 0 Å². The minimum atomic E-state index is -0.0332. The van der Waals surface area contributed by atoms with Crippen molar-refractivity contribution in [2.75, 3.05) is 18.0 Å². The number of hydrogen-bond acceptors (Lipinski definition) is 6. The van der Waals surface area contributed by atoms with Gasteiger partial charge in [0, 0.05) is 31.7 Å². The van der Waals surface area contributed by atoms with Crippen molar-refractivity contribution in [3.8, 4) is 0 Å². The third-order valence-corrected chi connectivity index (χ3v) is 4.22. The molecule has 4 heterocycles. The summed E-state index contributed by atoms with van der Waals surface area (Å²) in [4.78, 5) is 31.8. The van der Waals surface area contributed by atoms with Gasteiger partial charge >= 0.3 is 0 Å². The maximum atomic E-state index is 12.7. The van der Waals surface area contributed by atoms with Crippen molar-refractivity contribution in [2.45, 2.75) is 18.9 Å². The van der Waals surface area contributed by atoms with Gasteiger partial charge in [-0.1, -0.05) is 0 Å². The molecule has 3 aromatic heterocycles. The Morgan fingerprint density at radius 3 is 2.96 bits per heavy atom. The highest BCUT2D eigenvalue weighted by atomic mass is 16.1. The van der Waals surface area contributed by atoms with E-state index in [1.807, 2.05) is 0 Å². The molecule has 1 saturated heterocycles. The summed E-state index contributed by atoms with van der Waals surface area (Å²) >= 11 is 0. The number of anilines is 1. The molecule has 4 rings (SSSR count). The van der Waals surface area contributed by atoms with E-state index in [9.17, 15) is 4.79 Å². The molecule has 116 valence electrons. The SMILES string of the molecule is O=c1c2cccnc2ncn1[C@@H]1CCCN(c2cnccn2)C1. The topological polar surface area (TPSA) is 76.8 Å². The molecule has 0 aliphatic carbocycles. The fourth-order valence-electron chi connectivity index (χ4n) is 3.08. The second kappa shape index (κ2) is 5.75. The molecule has 0 radical (unpaired) electrons. The molecule has 3 aromatic rings. The summed E-state index contributed by atoms with van der Waals surface area (Å²) < 4.78 is 1.73. The van der Waals surface area contributed by atoms with Crippen molar-refractivity contribution in [2.24, 2.45) is 0 Å². The Bertz CT molecular complexity index is 878. The zero-order valence-electron chi connectivity index (χ0n) is 12.5. The van der Waals surface area contributed by atoms with Crippen LogP contribution in [0.1, 0.15) is 18.9 Å². The Labute approximate surface area is 132 Å². The van der Waals surface area contributed by atoms with Gasteiger partial charge in [-0.3, -0.25) is 14.3 Å². The van der Waals surface area contributed by atoms with Crippen LogP contribution in [0.5, 0.6) is 0 Å². The molecule has 7 nitrogen and oxygen atoms in total. The largest absolute Gasteiger partial charge is 0.353 e. The van der Waals surface area contributed by atoms with Crippen molar-refractivity contribution >= 4 is 16.9 Å². The van der Waals surface area contributed by atoms with Gasteiger partial charge in [0.25, 0.3) is 5.56 Å². The van der Waals surface area contributed by atoms with E-state index in [0.29, 0.717) is 11.0 Å². The normalized spacial score (nSPS) is 18.3. The third kappa shape index (κ3) is 2.54. The number of fused-ring (bicyclic) bond motifs is 1. The van der Waals surface area contributed by atoms with Gasteiger partial charge in [-0.2, -0.15) is 0 Å². The molecule has 7 heteroatoms. The third-order valence-electron chi connectivity index (χ3n) is 4.22. The van der Waals surface area contributed by atoms with Gasteiger partial charge in [-0.15, -0.1) is 0 Å². The summed E-state index contributed by atoms with van der Waals surface area (Å²) in [6.45, 7) is 1.65. The van der Waals surface area contributed by atoms with Gasteiger partial charge in [0.05, 0.1) is 17.6 Å². The van der Waals surface area contributed by atoms with Crippen LogP contribution in [0.15, 0.2) is 48.0 Å². The molecule has 0 amide bonds. The Balaban J connectivity index is 1.68. The van der Waals surface area contributed by atoms with Crippen molar-refractivity contribution < 1.29 is 0 Å². The lowest BCUT2D eigenvalue weighted by molar-refractivity contribution is 0.393. The van der Waals surface area contributed by atoms with Crippen LogP contribution in [0.3, 0.4) is 0 Å². The molecule has 1 aliphatic rings. The lowest BCUT2D eigenvalue weighted by atomic mass is 10.1. The van der Waals surface area contributed by atoms with Crippen LogP contribution >= 0.6 is 0 Å². The summed E-state index contributed by atoms with van der Waals surface area (Å²) in [5, 5.41) is 0.562. The first kappa shape index (κ1) is 13.8. The maximum absolute atomic E-state index is 12.7. The fourth-order valence-corrected chi connectivity index (χ4v) is 3.08. The first-order valence-corrected chi connectivity index (χ1v) is 7.66. The summed E-state index contributed by atoms with van der Waals surface area (Å²) in [5.41, 5.74) is 0.462. The summed E-state index contributed by atoms with van der Waals surface area (Å²) in [6.07, 6.45) is 10.3. The smallest absolute Gasteiger partial charge is 0.263 e. The maximum Gasteiger partial charge on any atom is 0.263 e. The highest BCUT2D eigenvalue weighted by Crippen LogP contribution is 2.23. The molecular formula is C16H16N6O. The second-order valence-corrected chi connectivity index (χ2v) is 5.64. The van der Waals surface area contributed by atoms with E-state index in [1.54, 1.807) is 47.8 Å². The van der Waals surface area contributed by atoms with Gasteiger partial charge in [-0.25, -0.2) is 15.0 Å². The average Bonchev–Trinajstić information content (AvgIpc) is 2.63. The van der Waals surface area contributed by atoms with Crippen molar-refractivity contribution in [3.63, 3.8) is 0 Å². The molecular weight excluding hydrogens is 292 g/mol. The molecule has 1 fully saturated rings. The standard InChI is InChI=1S/C16H16N6O/c23-16-13-4-1-5-19-15(13)20-11-22(16)12-3-2-8-21(10-12)14-9-17-6-7-18-14/h1,4-7,9,11-12H,2-3,8,10H2/t12-/m1/s1. The van der Waals surface area contributed by atoms with Crippen LogP contribution in [0.4, 0.5) is 5.82 Å². The predicted molar refractivity (Wildman–Crippen MR) is 86.3 cm³/mol. The molecule has 0 bridgehead atoms. The number of pyridine rings is 1. The molecule has 23 heavy (non-hydrogen) atoms. The van der Waals surface area contributed by atoms with Gasteiger partial charge in [0.2, 0.25) is 0 Å². The highest BCUT2D eigenvalue weighted by molar-refractivity contribution is 5.72. The molecule has 0 N–H and O–H groups in total. The van der Waals surface area contributed by atoms with Crippen molar-refractivity contribution in [1.82, 2.24) is 24.5 Å². The van der Waals surface area contributed by atoms with E-state index in [0.717, 1.165) is 31.7 Å². The monoisotopic (exact) mass is 308 g/mol. The van der Waals surface area contributed by atoms with Crippen LogP contribution in [0.25, 0.3) is 11.0 Å². The van der Waals surface area contributed by atoms with E-state index in [2.05, 4.69) is 24.8 Å². The molecule has 0 aromatic carbocycles. The molecule has 1 aliphatic heterocycles. The number of rotatable bonds is 2. The van der Waals surface area contributed by atoms with Crippen molar-refractivity contribution in [1.29, 1.82) is 0 Å². The number of piperidine rings is 1. The molecule has 1 atom stereocenters. The van der Waals surface area contributed by atoms with Gasteiger partial charge < -0.3 is 4.90 Å². The number of aromatic nitrogens is 5. The van der Waals surface area contributed by atoms with Gasteiger partial charge in [0.1, 0.15) is 12.1 Å². The van der Waals surface area contributed by atoms with Crippen LogP contribution in [0.2, 0.25) is 0 Å². The van der Waals surface area contributed by atoms with Crippen LogP contribution in [-0.2, 0) is 0 Å². The first-order chi connectivity index (χ1) is 11.3. The second-order valence-electron chi connectivity index (χ2n) is 5.64. The summed E-state index contributed by atoms with van der Waals surface area (Å²) in [5.74, 6) is 0.848. The lowest BCUT2D eigenvalue weighted by Crippen LogP contribution is -2.40. The quantitative estimate of drug-likeness (QED) is 0.712. The number of nitrogens with zero attached hydrogens (tertiary/aromatic N) is 6. The lowest BCUT2D eigenvalue weighted by Gasteiger charge is -2.34. The first-order valence-electron chi connectivity index (χ1n) is 7.66. The van der Waals surface area contributed by atoms with Crippen LogP contribution < -0.4 is 10.5 Å². The minimum absolute atomic E-state index is 0.0332. The minimum Gasteiger partial charge on any atom is -0.353 e. The Morgan fingerprint density at radius 2 is 2.09 bits per heavy atom. The highest BCUT2D eigenvalue weighted by Gasteiger charge is 2.23. The van der Waals surface area contributed by atoms with E-state index in [4.69, 9.17) is 0 Å². The molecule has 0 unspecified atom stereocenters. The average molecular weight is 308 g/mol. The molecule has 0 spiro atoms. The fraction of sp³-hybridized carbons (Fsp3) is 0.312. The Hall–Kier alpha value is -2.83. The molecule has 0 saturated carbocycles. The van der Waals surface area contributed by atoms with Gasteiger partial charge in [0.15, 0.2) is 5.65 Å². The van der Waals surface area contributed by atoms with E-state index < -0.39 is 0 Å². The van der Waals surface area contributed by atoms with Crippen molar-refractivity contribution in [3.05, 3.63) is 53.6 Å². The predicted octanol–water partition coefficient (Wildman–Crippen LogP) is 1.42. The Morgan fingerprint density at radius 1 is 1.13 bits per heavy atom. The van der Waals surface area contributed by atoms with E-state index in [1.165, 1.54) is 0 Å². The zero-order chi connectivity index (χ0) is 15.6. The van der Waals surface area contributed by atoms with Crippen LogP contribution in [0, 0.1) is 0 Å². The van der Waals surface area contributed by atoms with Crippen LogP contribution in [-0.4, -0.2) is 37.6 Å². The Kier molecular flexibility index (Phi) is 3.45. The summed E-state index contributed by atoms with van der Waals surface area (Å²) in [7, 11) is 0. The summed E-state index contributed by atoms with van der Waals surface area (Å²) in [6, 6.07) is 3.62. The van der Waals surface area contributed by atoms with Gasteiger partial charge in [-0.05, 0) is 25.0 Å². The zero-order valence-corrected chi connectivity index (χ0v) is 12.5. The van der Waals surface area contributed by atoms with E-state index in [-0.39, 0.29) is 11.6 Å². The number of hydrogen-bond donors (Lipinski definition) is 0.